The van der Waals surface area contributed by atoms with Crippen LogP contribution >= 0.6 is 0 Å². The monoisotopic (exact) mass is 674 g/mol. The van der Waals surface area contributed by atoms with Gasteiger partial charge in [0.05, 0.1) is 66.4 Å². The summed E-state index contributed by atoms with van der Waals surface area (Å²) in [6, 6.07) is 1.53. The van der Waals surface area contributed by atoms with E-state index >= 15 is 0 Å². The van der Waals surface area contributed by atoms with E-state index in [2.05, 4.69) is 0 Å². The number of ketones is 3. The van der Waals surface area contributed by atoms with Crippen molar-refractivity contribution >= 4 is 35.3 Å². The number of esters is 3. The number of phenols is 3. The lowest BCUT2D eigenvalue weighted by molar-refractivity contribution is -0.155. The number of methoxy groups -OCH3 is 1. The van der Waals surface area contributed by atoms with Crippen LogP contribution in [0, 0.1) is 5.92 Å². The molecule has 14 nitrogen and oxygen atoms in total. The van der Waals surface area contributed by atoms with Crippen molar-refractivity contribution in [2.75, 3.05) is 7.11 Å². The van der Waals surface area contributed by atoms with Crippen LogP contribution in [0.25, 0.3) is 0 Å². The van der Waals surface area contributed by atoms with Crippen LogP contribution in [-0.2, 0) is 50.1 Å². The van der Waals surface area contributed by atoms with Crippen molar-refractivity contribution in [3.63, 3.8) is 0 Å². The minimum Gasteiger partial charge on any atom is -0.507 e. The van der Waals surface area contributed by atoms with Crippen LogP contribution in [0.2, 0.25) is 0 Å². The molecule has 0 saturated carbocycles. The van der Waals surface area contributed by atoms with E-state index in [-0.39, 0.29) is 64.6 Å². The van der Waals surface area contributed by atoms with Gasteiger partial charge < -0.3 is 39.0 Å². The third-order valence-corrected chi connectivity index (χ3v) is 10.6. The average Bonchev–Trinajstić information content (AvgIpc) is 3.55. The zero-order valence-corrected chi connectivity index (χ0v) is 26.7. The fraction of sp³-hybridized carbons (Fsp3) is 0.429. The van der Waals surface area contributed by atoms with Crippen molar-refractivity contribution < 1.29 is 67.8 Å². The maximum absolute atomic E-state index is 14.8. The lowest BCUT2D eigenvalue weighted by Gasteiger charge is -2.39. The van der Waals surface area contributed by atoms with Gasteiger partial charge in [-0.15, -0.1) is 0 Å². The molecule has 2 bridgehead atoms. The maximum Gasteiger partial charge on any atom is 0.309 e. The molecule has 8 rings (SSSR count). The molecule has 0 aromatic heterocycles. The molecule has 0 amide bonds. The minimum absolute atomic E-state index is 0.0331. The number of allylic oxidation sites excluding steroid dienone is 1. The highest BCUT2D eigenvalue weighted by molar-refractivity contribution is 6.33. The molecule has 14 heteroatoms. The Labute approximate surface area is 277 Å². The van der Waals surface area contributed by atoms with Gasteiger partial charge in [-0.2, -0.15) is 0 Å². The zero-order valence-electron chi connectivity index (χ0n) is 26.7. The van der Waals surface area contributed by atoms with E-state index in [0.29, 0.717) is 5.56 Å². The van der Waals surface area contributed by atoms with Crippen molar-refractivity contribution in [1.82, 2.24) is 0 Å². The molecule has 3 aliphatic carbocycles. The summed E-state index contributed by atoms with van der Waals surface area (Å²) in [4.78, 5) is 80.7. The van der Waals surface area contributed by atoms with Gasteiger partial charge in [0.2, 0.25) is 0 Å². The Bertz CT molecular complexity index is 2040. The molecule has 0 radical (unpaired) electrons. The van der Waals surface area contributed by atoms with Crippen LogP contribution in [-0.4, -0.2) is 69.9 Å². The SMILES string of the molecule is COC(=O)C[C@H]1Cc2cc3c(c(O)c2[C@H](C)O1)C(=O)[C@@H]1C[C@@]3(OC(C)=O)C2=C1C(=O)c1c(O)c3c(c(O)c1C2=O)[C@@H]1OC(=O)C[C@@H]1O[C@H]3C. The number of hydrogen-bond acceptors (Lipinski definition) is 14. The standard InChI is InChI=1S/C35H30O14/c1-10-20-13(5-14(46-10)7-18(37)45-4)6-16-23(29(20)40)28(39)15-9-35(16,49-12(3)36)27-22(15)31(42)24-25(33(27)44)32(43)26-21(30(24)41)11(2)47-17-8-19(38)48-34(17)26/h6,10-11,14-15,17,34,40-41,43H,5,7-9H2,1-4H3/t10-,11-,14+,15+,17-,34+,35-/m0/s1. The lowest BCUT2D eigenvalue weighted by atomic mass is 9.71. The molecule has 0 spiro atoms. The van der Waals surface area contributed by atoms with Gasteiger partial charge in [0, 0.05) is 41.2 Å². The number of Topliss-reactive ketones (excluding diaryl/α,β-unsaturated/α-hetero) is 3. The van der Waals surface area contributed by atoms with Crippen molar-refractivity contribution in [3.05, 3.63) is 61.7 Å². The fourth-order valence-corrected chi connectivity index (χ4v) is 8.86. The van der Waals surface area contributed by atoms with E-state index in [1.807, 2.05) is 0 Å². The summed E-state index contributed by atoms with van der Waals surface area (Å²) in [5.74, 6) is -7.87. The molecule has 3 aliphatic heterocycles. The quantitative estimate of drug-likeness (QED) is 0.243. The predicted octanol–water partition coefficient (Wildman–Crippen LogP) is 3.17. The summed E-state index contributed by atoms with van der Waals surface area (Å²) in [6.07, 6.45) is -4.88. The highest BCUT2D eigenvalue weighted by Crippen LogP contribution is 2.63. The number of aromatic hydroxyl groups is 3. The summed E-state index contributed by atoms with van der Waals surface area (Å²) < 4.78 is 28.0. The number of carbonyl (C=O) groups excluding carboxylic acids is 6. The normalized spacial score (nSPS) is 30.4. The molecule has 0 unspecified atom stereocenters. The average molecular weight is 675 g/mol. The number of phenolic OH excluding ortho intramolecular Hbond substituents is 3. The van der Waals surface area contributed by atoms with Gasteiger partial charge >= 0.3 is 17.9 Å². The molecule has 49 heavy (non-hydrogen) atoms. The Balaban J connectivity index is 1.35. The van der Waals surface area contributed by atoms with Gasteiger partial charge in [-0.3, -0.25) is 28.8 Å². The molecule has 1 fully saturated rings. The molecular weight excluding hydrogens is 644 g/mol. The number of hydrogen-bond donors (Lipinski definition) is 3. The Morgan fingerprint density at radius 1 is 0.898 bits per heavy atom. The molecule has 7 atom stereocenters. The highest BCUT2D eigenvalue weighted by Gasteiger charge is 2.64. The highest BCUT2D eigenvalue weighted by atomic mass is 16.6. The first kappa shape index (κ1) is 31.2. The van der Waals surface area contributed by atoms with E-state index in [1.165, 1.54) is 13.2 Å². The van der Waals surface area contributed by atoms with Gasteiger partial charge in [0.25, 0.3) is 0 Å². The maximum atomic E-state index is 14.8. The van der Waals surface area contributed by atoms with E-state index in [9.17, 15) is 44.1 Å². The van der Waals surface area contributed by atoms with E-state index in [4.69, 9.17) is 23.7 Å². The molecule has 1 saturated heterocycles. The Kier molecular flexibility index (Phi) is 6.51. The second-order valence-corrected chi connectivity index (χ2v) is 13.3. The van der Waals surface area contributed by atoms with Crippen LogP contribution in [0.15, 0.2) is 17.2 Å². The first-order valence-corrected chi connectivity index (χ1v) is 15.9. The summed E-state index contributed by atoms with van der Waals surface area (Å²) in [5, 5.41) is 35.0. The van der Waals surface area contributed by atoms with Crippen LogP contribution in [0.3, 0.4) is 0 Å². The Morgan fingerprint density at radius 2 is 1.55 bits per heavy atom. The van der Waals surface area contributed by atoms with E-state index in [0.717, 1.165) is 6.92 Å². The molecule has 3 N–H and O–H groups in total. The summed E-state index contributed by atoms with van der Waals surface area (Å²) in [7, 11) is 1.24. The first-order valence-electron chi connectivity index (χ1n) is 15.9. The van der Waals surface area contributed by atoms with Crippen LogP contribution in [0.4, 0.5) is 0 Å². The molecule has 2 aromatic carbocycles. The summed E-state index contributed by atoms with van der Waals surface area (Å²) in [6.45, 7) is 4.28. The second kappa shape index (κ2) is 10.2. The van der Waals surface area contributed by atoms with Crippen molar-refractivity contribution in [1.29, 1.82) is 0 Å². The second-order valence-electron chi connectivity index (χ2n) is 13.3. The van der Waals surface area contributed by atoms with Crippen molar-refractivity contribution in [2.45, 2.75) is 82.6 Å². The van der Waals surface area contributed by atoms with E-state index in [1.54, 1.807) is 13.8 Å². The number of ether oxygens (including phenoxy) is 5. The molecule has 2 aromatic rings. The van der Waals surface area contributed by atoms with Gasteiger partial charge in [-0.1, -0.05) is 0 Å². The largest absolute Gasteiger partial charge is 0.507 e. The Hall–Kier alpha value is -5.08. The van der Waals surface area contributed by atoms with Crippen molar-refractivity contribution in [2.24, 2.45) is 5.92 Å². The number of rotatable bonds is 3. The van der Waals surface area contributed by atoms with Gasteiger partial charge in [-0.25, -0.2) is 0 Å². The number of fused-ring (bicyclic) bond motifs is 11. The predicted molar refractivity (Wildman–Crippen MR) is 160 cm³/mol. The lowest BCUT2D eigenvalue weighted by Crippen LogP contribution is -2.41. The fourth-order valence-electron chi connectivity index (χ4n) is 8.86. The summed E-state index contributed by atoms with van der Waals surface area (Å²) >= 11 is 0. The van der Waals surface area contributed by atoms with Gasteiger partial charge in [0.15, 0.2) is 29.1 Å². The van der Waals surface area contributed by atoms with Gasteiger partial charge in [-0.05, 0) is 31.9 Å². The van der Waals surface area contributed by atoms with Crippen LogP contribution < -0.4 is 0 Å². The third-order valence-electron chi connectivity index (χ3n) is 10.6. The number of benzene rings is 2. The Morgan fingerprint density at radius 3 is 2.24 bits per heavy atom. The van der Waals surface area contributed by atoms with Crippen LogP contribution in [0.5, 0.6) is 17.2 Å². The topological polar surface area (TPSA) is 209 Å². The molecular formula is C35H30O14. The molecule has 254 valence electrons. The number of carbonyl (C=O) groups is 6. The molecule has 6 aliphatic rings. The summed E-state index contributed by atoms with van der Waals surface area (Å²) in [5.41, 5.74) is -3.58. The zero-order chi connectivity index (χ0) is 35.0. The minimum atomic E-state index is -2.05. The first-order chi connectivity index (χ1) is 23.2. The van der Waals surface area contributed by atoms with E-state index < -0.39 is 106 Å². The van der Waals surface area contributed by atoms with Crippen molar-refractivity contribution in [3.8, 4) is 17.2 Å². The molecule has 3 heterocycles. The van der Waals surface area contributed by atoms with Crippen LogP contribution in [0.1, 0.15) is 117 Å². The van der Waals surface area contributed by atoms with Gasteiger partial charge in [0.1, 0.15) is 23.4 Å². The third kappa shape index (κ3) is 3.95. The smallest absolute Gasteiger partial charge is 0.309 e.